The summed E-state index contributed by atoms with van der Waals surface area (Å²) in [5.74, 6) is -1.21. The second-order valence-electron chi connectivity index (χ2n) is 3.67. The summed E-state index contributed by atoms with van der Waals surface area (Å²) in [6.07, 6.45) is 0. The Morgan fingerprint density at radius 1 is 1.00 bits per heavy atom. The molecule has 2 N–H and O–H groups in total. The fraction of sp³-hybridized carbons (Fsp3) is 0.0769. The van der Waals surface area contributed by atoms with Crippen LogP contribution in [0, 0.1) is 15.2 Å². The number of halogens is 3. The quantitative estimate of drug-likeness (QED) is 0.827. The van der Waals surface area contributed by atoms with Crippen LogP contribution in [-0.4, -0.2) is 0 Å². The second-order valence-corrected chi connectivity index (χ2v) is 4.83. The molecular weight excluding hydrogens is 335 g/mol. The summed E-state index contributed by atoms with van der Waals surface area (Å²) in [4.78, 5) is 0. The summed E-state index contributed by atoms with van der Waals surface area (Å²) in [7, 11) is 0. The predicted octanol–water partition coefficient (Wildman–Crippen LogP) is 3.62. The summed E-state index contributed by atoms with van der Waals surface area (Å²) in [5.41, 5.74) is 7.13. The molecule has 1 atom stereocenters. The fourth-order valence-electron chi connectivity index (χ4n) is 1.65. The van der Waals surface area contributed by atoms with Crippen LogP contribution in [0.4, 0.5) is 8.78 Å². The van der Waals surface area contributed by atoms with Gasteiger partial charge in [-0.05, 0) is 40.3 Å². The maximum absolute atomic E-state index is 13.6. The van der Waals surface area contributed by atoms with Crippen molar-refractivity contribution in [1.29, 1.82) is 0 Å². The standard InChI is InChI=1S/C13H10F2IN/c14-8-5-6-9(11(15)7-8)13(17)10-3-1-2-4-12(10)16/h1-7,13H,17H2. The van der Waals surface area contributed by atoms with Crippen LogP contribution >= 0.6 is 22.6 Å². The average Bonchev–Trinajstić information content (AvgIpc) is 2.29. The third-order valence-electron chi connectivity index (χ3n) is 2.54. The minimum absolute atomic E-state index is 0.301. The van der Waals surface area contributed by atoms with Gasteiger partial charge in [-0.15, -0.1) is 0 Å². The molecule has 2 rings (SSSR count). The molecule has 1 unspecified atom stereocenters. The molecule has 2 aromatic carbocycles. The number of benzene rings is 2. The van der Waals surface area contributed by atoms with E-state index in [2.05, 4.69) is 22.6 Å². The number of nitrogens with two attached hydrogens (primary N) is 1. The molecule has 88 valence electrons. The van der Waals surface area contributed by atoms with E-state index < -0.39 is 17.7 Å². The summed E-state index contributed by atoms with van der Waals surface area (Å²) in [5, 5.41) is 0. The molecule has 4 heteroatoms. The molecule has 0 saturated heterocycles. The first-order chi connectivity index (χ1) is 8.09. The van der Waals surface area contributed by atoms with Gasteiger partial charge in [-0.25, -0.2) is 8.78 Å². The summed E-state index contributed by atoms with van der Waals surface area (Å²) >= 11 is 2.14. The zero-order valence-corrected chi connectivity index (χ0v) is 11.0. The van der Waals surface area contributed by atoms with E-state index >= 15 is 0 Å². The van der Waals surface area contributed by atoms with Gasteiger partial charge >= 0.3 is 0 Å². The van der Waals surface area contributed by atoms with Gasteiger partial charge in [-0.2, -0.15) is 0 Å². The van der Waals surface area contributed by atoms with Crippen LogP contribution in [0.25, 0.3) is 0 Å². The highest BCUT2D eigenvalue weighted by Crippen LogP contribution is 2.26. The SMILES string of the molecule is NC(c1ccc(F)cc1F)c1ccccc1I. The molecule has 0 amide bonds. The van der Waals surface area contributed by atoms with Gasteiger partial charge in [0, 0.05) is 15.2 Å². The molecule has 0 aromatic heterocycles. The van der Waals surface area contributed by atoms with E-state index in [9.17, 15) is 8.78 Å². The molecule has 0 spiro atoms. The van der Waals surface area contributed by atoms with Crippen molar-refractivity contribution in [1.82, 2.24) is 0 Å². The lowest BCUT2D eigenvalue weighted by molar-refractivity contribution is 0.565. The minimum atomic E-state index is -0.614. The van der Waals surface area contributed by atoms with Crippen LogP contribution in [0.1, 0.15) is 17.2 Å². The Kier molecular flexibility index (Phi) is 3.73. The minimum Gasteiger partial charge on any atom is -0.320 e. The first kappa shape index (κ1) is 12.4. The molecule has 0 fully saturated rings. The van der Waals surface area contributed by atoms with Crippen molar-refractivity contribution in [2.45, 2.75) is 6.04 Å². The van der Waals surface area contributed by atoms with Crippen LogP contribution in [0.5, 0.6) is 0 Å². The monoisotopic (exact) mass is 345 g/mol. The van der Waals surface area contributed by atoms with E-state index in [0.717, 1.165) is 15.2 Å². The first-order valence-corrected chi connectivity index (χ1v) is 6.12. The van der Waals surface area contributed by atoms with E-state index in [-0.39, 0.29) is 0 Å². The Morgan fingerprint density at radius 2 is 1.71 bits per heavy atom. The summed E-state index contributed by atoms with van der Waals surface area (Å²) < 4.78 is 27.4. The normalized spacial score (nSPS) is 12.5. The lowest BCUT2D eigenvalue weighted by Crippen LogP contribution is -2.15. The number of hydrogen-bond donors (Lipinski definition) is 1. The molecule has 0 radical (unpaired) electrons. The highest BCUT2D eigenvalue weighted by Gasteiger charge is 2.15. The maximum Gasteiger partial charge on any atom is 0.131 e. The van der Waals surface area contributed by atoms with E-state index in [1.54, 1.807) is 0 Å². The predicted molar refractivity (Wildman–Crippen MR) is 71.5 cm³/mol. The van der Waals surface area contributed by atoms with Crippen molar-refractivity contribution in [3.8, 4) is 0 Å². The van der Waals surface area contributed by atoms with Gasteiger partial charge in [0.1, 0.15) is 11.6 Å². The van der Waals surface area contributed by atoms with Gasteiger partial charge in [-0.1, -0.05) is 24.3 Å². The van der Waals surface area contributed by atoms with Gasteiger partial charge in [0.05, 0.1) is 6.04 Å². The molecule has 0 aliphatic rings. The third kappa shape index (κ3) is 2.63. The first-order valence-electron chi connectivity index (χ1n) is 5.04. The molecule has 1 nitrogen and oxygen atoms in total. The van der Waals surface area contributed by atoms with E-state index in [1.165, 1.54) is 12.1 Å². The van der Waals surface area contributed by atoms with Crippen molar-refractivity contribution in [2.24, 2.45) is 5.73 Å². The van der Waals surface area contributed by atoms with E-state index in [1.807, 2.05) is 24.3 Å². The lowest BCUT2D eigenvalue weighted by Gasteiger charge is -2.15. The van der Waals surface area contributed by atoms with Crippen molar-refractivity contribution in [2.75, 3.05) is 0 Å². The highest BCUT2D eigenvalue weighted by molar-refractivity contribution is 14.1. The van der Waals surface area contributed by atoms with Crippen LogP contribution in [0.3, 0.4) is 0 Å². The van der Waals surface area contributed by atoms with Crippen molar-refractivity contribution in [3.05, 3.63) is 68.8 Å². The molecule has 0 bridgehead atoms. The van der Waals surface area contributed by atoms with Gasteiger partial charge in [0.25, 0.3) is 0 Å². The van der Waals surface area contributed by atoms with Crippen LogP contribution in [0.2, 0.25) is 0 Å². The second kappa shape index (κ2) is 5.10. The van der Waals surface area contributed by atoms with Crippen molar-refractivity contribution >= 4 is 22.6 Å². The Morgan fingerprint density at radius 3 is 2.35 bits per heavy atom. The summed E-state index contributed by atoms with van der Waals surface area (Å²) in [6, 6.07) is 10.4. The Bertz CT molecular complexity index is 543. The highest BCUT2D eigenvalue weighted by atomic mass is 127. The van der Waals surface area contributed by atoms with Crippen LogP contribution in [-0.2, 0) is 0 Å². The molecular formula is C13H10F2IN. The zero-order chi connectivity index (χ0) is 12.4. The average molecular weight is 345 g/mol. The smallest absolute Gasteiger partial charge is 0.131 e. The largest absolute Gasteiger partial charge is 0.320 e. The topological polar surface area (TPSA) is 26.0 Å². The van der Waals surface area contributed by atoms with Gasteiger partial charge in [0.15, 0.2) is 0 Å². The third-order valence-corrected chi connectivity index (χ3v) is 3.52. The van der Waals surface area contributed by atoms with Crippen LogP contribution in [0.15, 0.2) is 42.5 Å². The van der Waals surface area contributed by atoms with Gasteiger partial charge < -0.3 is 5.73 Å². The fourth-order valence-corrected chi connectivity index (χ4v) is 2.37. The molecule has 0 heterocycles. The molecule has 0 saturated carbocycles. The number of rotatable bonds is 2. The Labute approximate surface area is 112 Å². The zero-order valence-electron chi connectivity index (χ0n) is 8.83. The molecule has 0 aliphatic carbocycles. The molecule has 2 aromatic rings. The summed E-state index contributed by atoms with van der Waals surface area (Å²) in [6.45, 7) is 0. The van der Waals surface area contributed by atoms with Gasteiger partial charge in [-0.3, -0.25) is 0 Å². The Hall–Kier alpha value is -1.01. The molecule has 17 heavy (non-hydrogen) atoms. The van der Waals surface area contributed by atoms with E-state index in [0.29, 0.717) is 5.56 Å². The molecule has 0 aliphatic heterocycles. The number of hydrogen-bond acceptors (Lipinski definition) is 1. The van der Waals surface area contributed by atoms with Crippen molar-refractivity contribution < 1.29 is 8.78 Å². The van der Waals surface area contributed by atoms with Crippen molar-refractivity contribution in [3.63, 3.8) is 0 Å². The lowest BCUT2D eigenvalue weighted by atomic mass is 9.99. The Balaban J connectivity index is 2.44. The van der Waals surface area contributed by atoms with E-state index in [4.69, 9.17) is 5.73 Å². The van der Waals surface area contributed by atoms with Gasteiger partial charge in [0.2, 0.25) is 0 Å². The van der Waals surface area contributed by atoms with Crippen LogP contribution < -0.4 is 5.73 Å². The maximum atomic E-state index is 13.6.